The number of hydrogen-bond acceptors (Lipinski definition) is 15. The summed E-state index contributed by atoms with van der Waals surface area (Å²) < 4.78 is 68.1. The van der Waals surface area contributed by atoms with Crippen molar-refractivity contribution in [3.63, 3.8) is 0 Å². The molecule has 0 fully saturated rings. The van der Waals surface area contributed by atoms with Gasteiger partial charge in [-0.25, -0.2) is 9.13 Å². The highest BCUT2D eigenvalue weighted by Crippen LogP contribution is 2.45. The highest BCUT2D eigenvalue weighted by atomic mass is 31.2. The fourth-order valence-electron chi connectivity index (χ4n) is 10.6. The number of carbonyl (C=O) groups is 4. The molecule has 19 heteroatoms. The van der Waals surface area contributed by atoms with E-state index in [1.165, 1.54) is 154 Å². The highest BCUT2D eigenvalue weighted by Gasteiger charge is 2.30. The van der Waals surface area contributed by atoms with Crippen LogP contribution in [-0.2, 0) is 65.4 Å². The normalized spacial score (nSPS) is 14.1. The Hall–Kier alpha value is -1.94. The Morgan fingerprint density at radius 3 is 0.764 bits per heavy atom. The molecule has 0 amide bonds. The third-order valence-corrected chi connectivity index (χ3v) is 18.1. The number of aliphatic hydroxyl groups is 1. The van der Waals surface area contributed by atoms with Crippen molar-refractivity contribution >= 4 is 39.5 Å². The van der Waals surface area contributed by atoms with Gasteiger partial charge in [-0.05, 0) is 37.5 Å². The lowest BCUT2D eigenvalue weighted by molar-refractivity contribution is -0.161. The van der Waals surface area contributed by atoms with E-state index in [0.29, 0.717) is 25.7 Å². The Bertz CT molecular complexity index is 1730. The van der Waals surface area contributed by atoms with E-state index in [4.69, 9.17) is 37.0 Å². The molecule has 0 aromatic carbocycles. The van der Waals surface area contributed by atoms with Crippen molar-refractivity contribution in [3.05, 3.63) is 0 Å². The zero-order valence-electron chi connectivity index (χ0n) is 57.7. The summed E-state index contributed by atoms with van der Waals surface area (Å²) in [7, 11) is -9.89. The molecule has 0 aromatic heterocycles. The predicted molar refractivity (Wildman–Crippen MR) is 358 cm³/mol. The minimum Gasteiger partial charge on any atom is -0.462 e. The van der Waals surface area contributed by atoms with Crippen molar-refractivity contribution in [2.45, 2.75) is 374 Å². The van der Waals surface area contributed by atoms with Crippen LogP contribution in [0.15, 0.2) is 0 Å². The maximum absolute atomic E-state index is 13.0. The smallest absolute Gasteiger partial charge is 0.462 e. The van der Waals surface area contributed by atoms with E-state index in [-0.39, 0.29) is 25.7 Å². The van der Waals surface area contributed by atoms with Gasteiger partial charge >= 0.3 is 39.5 Å². The van der Waals surface area contributed by atoms with Crippen LogP contribution in [0.1, 0.15) is 356 Å². The number of hydrogen-bond donors (Lipinski definition) is 3. The van der Waals surface area contributed by atoms with Gasteiger partial charge in [0.25, 0.3) is 0 Å². The molecule has 0 aliphatic rings. The lowest BCUT2D eigenvalue weighted by atomic mass is 10.0. The summed E-state index contributed by atoms with van der Waals surface area (Å²) in [5, 5.41) is 10.6. The first-order chi connectivity index (χ1) is 42.9. The van der Waals surface area contributed by atoms with Crippen LogP contribution in [0.3, 0.4) is 0 Å². The van der Waals surface area contributed by atoms with E-state index in [2.05, 4.69) is 41.5 Å². The first-order valence-corrected chi connectivity index (χ1v) is 39.5. The first kappa shape index (κ1) is 87.1. The number of rotatable bonds is 69. The third-order valence-electron chi connectivity index (χ3n) is 16.2. The second kappa shape index (κ2) is 62.2. The van der Waals surface area contributed by atoms with E-state index in [9.17, 15) is 43.2 Å². The van der Waals surface area contributed by atoms with Gasteiger partial charge in [-0.1, -0.05) is 305 Å². The van der Waals surface area contributed by atoms with Gasteiger partial charge in [-0.15, -0.1) is 0 Å². The summed E-state index contributed by atoms with van der Waals surface area (Å²) in [4.78, 5) is 72.3. The van der Waals surface area contributed by atoms with Crippen molar-refractivity contribution in [1.29, 1.82) is 0 Å². The molecule has 0 aliphatic carbocycles. The number of carbonyl (C=O) groups excluding carboxylic acids is 4. The molecule has 0 heterocycles. The molecule has 0 radical (unpaired) electrons. The minimum absolute atomic E-state index is 0.105. The van der Waals surface area contributed by atoms with Crippen molar-refractivity contribution in [3.8, 4) is 0 Å². The standard InChI is InChI=1S/C70H136O17P2/c1-7-9-11-13-15-35-42-48-54-69(74)86-65(58-80-67(72)52-46-40-32-14-12-10-8-2)60-84-88(76,77)82-56-64(71)57-83-89(78,79)85-61-66(87-70(75)55-49-43-37-31-27-23-19-17-21-25-29-34-39-45-51-63(5)6)59-81-68(73)53-47-41-36-30-26-22-18-16-20-24-28-33-38-44-50-62(3)4/h62-66,71H,7-61H2,1-6H3,(H,76,77)(H,78,79)/t64-,65+,66+/m0/s1. The Morgan fingerprint density at radius 2 is 0.517 bits per heavy atom. The van der Waals surface area contributed by atoms with Crippen molar-refractivity contribution in [2.75, 3.05) is 39.6 Å². The predicted octanol–water partition coefficient (Wildman–Crippen LogP) is 20.0. The van der Waals surface area contributed by atoms with Crippen LogP contribution in [0.25, 0.3) is 0 Å². The highest BCUT2D eigenvalue weighted by molar-refractivity contribution is 7.47. The number of esters is 4. The molecule has 0 saturated heterocycles. The van der Waals surface area contributed by atoms with E-state index < -0.39 is 97.5 Å². The average molecular weight is 1310 g/mol. The van der Waals surface area contributed by atoms with Crippen LogP contribution < -0.4 is 0 Å². The molecule has 0 saturated carbocycles. The van der Waals surface area contributed by atoms with E-state index >= 15 is 0 Å². The molecular formula is C70H136O17P2. The van der Waals surface area contributed by atoms with Crippen LogP contribution in [-0.4, -0.2) is 96.7 Å². The first-order valence-electron chi connectivity index (χ1n) is 36.5. The molecule has 528 valence electrons. The number of unbranched alkanes of at least 4 members (excludes halogenated alkanes) is 39. The zero-order valence-corrected chi connectivity index (χ0v) is 59.5. The fourth-order valence-corrected chi connectivity index (χ4v) is 12.2. The monoisotopic (exact) mass is 1310 g/mol. The largest absolute Gasteiger partial charge is 0.472 e. The summed E-state index contributed by atoms with van der Waals surface area (Å²) in [5.41, 5.74) is 0. The number of aliphatic hydroxyl groups excluding tert-OH is 1. The van der Waals surface area contributed by atoms with Gasteiger partial charge in [-0.3, -0.25) is 37.3 Å². The van der Waals surface area contributed by atoms with Crippen LogP contribution in [0.2, 0.25) is 0 Å². The summed E-state index contributed by atoms with van der Waals surface area (Å²) >= 11 is 0. The van der Waals surface area contributed by atoms with Crippen LogP contribution in [0, 0.1) is 11.8 Å². The lowest BCUT2D eigenvalue weighted by Crippen LogP contribution is -2.30. The van der Waals surface area contributed by atoms with Crippen molar-refractivity contribution in [2.24, 2.45) is 11.8 Å². The SMILES string of the molecule is CCCCCCCCCCC(=O)O[C@H](COC(=O)CCCCCCCCC)COP(=O)(O)OC[C@H](O)COP(=O)(O)OC[C@@H](COC(=O)CCCCCCCCCCCCCCCCC(C)C)OC(=O)CCCCCCCCCCCCCCCCC(C)C. The maximum atomic E-state index is 13.0. The quantitative estimate of drug-likeness (QED) is 0.0222. The van der Waals surface area contributed by atoms with Crippen molar-refractivity contribution < 1.29 is 80.2 Å². The van der Waals surface area contributed by atoms with Gasteiger partial charge in [0.05, 0.1) is 26.4 Å². The Labute approximate surface area is 543 Å². The Kier molecular flexibility index (Phi) is 60.8. The molecule has 89 heavy (non-hydrogen) atoms. The second-order valence-corrected chi connectivity index (χ2v) is 29.1. The molecule has 3 N–H and O–H groups in total. The number of phosphoric ester groups is 2. The van der Waals surface area contributed by atoms with Gasteiger partial charge in [0.2, 0.25) is 0 Å². The van der Waals surface area contributed by atoms with Gasteiger partial charge in [-0.2, -0.15) is 0 Å². The Morgan fingerprint density at radius 1 is 0.303 bits per heavy atom. The summed E-state index contributed by atoms with van der Waals surface area (Å²) in [6.07, 6.45) is 47.4. The van der Waals surface area contributed by atoms with Gasteiger partial charge in [0.15, 0.2) is 12.2 Å². The number of phosphoric acid groups is 2. The summed E-state index contributed by atoms with van der Waals surface area (Å²) in [5.74, 6) is -0.537. The zero-order chi connectivity index (χ0) is 65.7. The molecule has 0 spiro atoms. The topological polar surface area (TPSA) is 237 Å². The fraction of sp³-hybridized carbons (Fsp3) is 0.943. The molecule has 0 aliphatic heterocycles. The average Bonchev–Trinajstić information content (AvgIpc) is 3.58. The molecule has 0 aromatic rings. The van der Waals surface area contributed by atoms with E-state index in [1.807, 2.05) is 0 Å². The summed E-state index contributed by atoms with van der Waals surface area (Å²) in [6, 6.07) is 0. The second-order valence-electron chi connectivity index (χ2n) is 26.2. The number of ether oxygens (including phenoxy) is 4. The minimum atomic E-state index is -4.95. The van der Waals surface area contributed by atoms with Gasteiger partial charge in [0, 0.05) is 25.7 Å². The maximum Gasteiger partial charge on any atom is 0.472 e. The van der Waals surface area contributed by atoms with Crippen LogP contribution in [0.4, 0.5) is 0 Å². The molecule has 2 unspecified atom stereocenters. The molecule has 5 atom stereocenters. The molecule has 0 bridgehead atoms. The molecular weight excluding hydrogens is 1170 g/mol. The van der Waals surface area contributed by atoms with E-state index in [0.717, 1.165) is 121 Å². The third kappa shape index (κ3) is 64.6. The van der Waals surface area contributed by atoms with Gasteiger partial charge < -0.3 is 33.8 Å². The lowest BCUT2D eigenvalue weighted by Gasteiger charge is -2.21. The van der Waals surface area contributed by atoms with Crippen LogP contribution in [0.5, 0.6) is 0 Å². The van der Waals surface area contributed by atoms with E-state index in [1.54, 1.807) is 0 Å². The molecule has 17 nitrogen and oxygen atoms in total. The van der Waals surface area contributed by atoms with Crippen LogP contribution >= 0.6 is 15.6 Å². The summed E-state index contributed by atoms with van der Waals surface area (Å²) in [6.45, 7) is 9.52. The van der Waals surface area contributed by atoms with Gasteiger partial charge in [0.1, 0.15) is 19.3 Å². The Balaban J connectivity index is 5.16. The molecule has 0 rings (SSSR count). The van der Waals surface area contributed by atoms with Crippen molar-refractivity contribution in [1.82, 2.24) is 0 Å².